The average Bonchev–Trinajstić information content (AvgIpc) is 3.55. The summed E-state index contributed by atoms with van der Waals surface area (Å²) in [6.45, 7) is -0.924. The van der Waals surface area contributed by atoms with Gasteiger partial charge in [-0.3, -0.25) is 28.0 Å². The first-order chi connectivity index (χ1) is 18.8. The molecule has 16 nitrogen and oxygen atoms in total. The normalized spacial score (nSPS) is 36.3. The molecule has 6 heterocycles. The first kappa shape index (κ1) is 26.5. The summed E-state index contributed by atoms with van der Waals surface area (Å²) in [7, 11) is -4.24. The number of hydrogen-bond acceptors (Lipinski definition) is 13. The van der Waals surface area contributed by atoms with E-state index in [1.165, 1.54) is 17.2 Å². The lowest BCUT2D eigenvalue weighted by atomic mass is 10.1. The molecule has 39 heavy (non-hydrogen) atoms. The van der Waals surface area contributed by atoms with Gasteiger partial charge < -0.3 is 28.8 Å². The van der Waals surface area contributed by atoms with Crippen LogP contribution < -0.4 is 17.0 Å². The first-order valence-corrected chi connectivity index (χ1v) is 13.6. The van der Waals surface area contributed by atoms with Crippen molar-refractivity contribution in [3.05, 3.63) is 45.8 Å². The average molecular weight is 591 g/mol. The van der Waals surface area contributed by atoms with Crippen molar-refractivity contribution < 1.29 is 40.9 Å². The molecule has 4 bridgehead atoms. The number of H-pyrrole nitrogens is 1. The molecule has 3 aliphatic heterocycles. The number of rotatable bonds is 2. The van der Waals surface area contributed by atoms with Gasteiger partial charge in [-0.15, -0.1) is 0 Å². The van der Waals surface area contributed by atoms with E-state index >= 15 is 8.78 Å². The van der Waals surface area contributed by atoms with E-state index in [2.05, 4.69) is 19.9 Å². The van der Waals surface area contributed by atoms with Crippen LogP contribution in [0.2, 0.25) is 0 Å². The Morgan fingerprint density at radius 1 is 1.05 bits per heavy atom. The number of halogens is 2. The highest BCUT2D eigenvalue weighted by Gasteiger charge is 2.51. The monoisotopic (exact) mass is 591 g/mol. The second kappa shape index (κ2) is 10.7. The van der Waals surface area contributed by atoms with Crippen LogP contribution in [0.4, 0.5) is 14.6 Å². The summed E-state index contributed by atoms with van der Waals surface area (Å²) in [4.78, 5) is 37.9. The van der Waals surface area contributed by atoms with Crippen LogP contribution in [0.3, 0.4) is 0 Å². The summed E-state index contributed by atoms with van der Waals surface area (Å²) in [5, 5.41) is 0. The lowest BCUT2D eigenvalue weighted by Crippen LogP contribution is -2.37. The van der Waals surface area contributed by atoms with Gasteiger partial charge in [-0.2, -0.15) is 0 Å². The van der Waals surface area contributed by atoms with Crippen LogP contribution in [-0.4, -0.2) is 79.0 Å². The lowest BCUT2D eigenvalue weighted by Gasteiger charge is -2.21. The number of alkyl halides is 2. The summed E-state index contributed by atoms with van der Waals surface area (Å²) in [5.74, 6) is 0.0952. The van der Waals surface area contributed by atoms with Crippen LogP contribution in [0.1, 0.15) is 12.5 Å². The van der Waals surface area contributed by atoms with Gasteiger partial charge in [0, 0.05) is 12.3 Å². The standard InChI is InChI=1S/C19H21F2N7O9P2/c20-10-8-4-33-39(31)37-14-11(21)7(34-18(14)28-6-25-12-15(22)23-5-24-16(12)28)3-32-38-36-13(10)17(35-8)27-2-1-9(29)26-19(27)30/h1-2,5-8,10-11,13-14,17-18,38-39H,3-4H2,(H2,22,23,24)(H,26,29,30)/t7-,8-,10-,11-,13-,14-,17-,18-/m1/s1. The van der Waals surface area contributed by atoms with Crippen LogP contribution in [0.15, 0.2) is 34.5 Å². The number of anilines is 1. The van der Waals surface area contributed by atoms with Crippen molar-refractivity contribution in [1.82, 2.24) is 29.1 Å². The lowest BCUT2D eigenvalue weighted by molar-refractivity contribution is -0.0568. The highest BCUT2D eigenvalue weighted by atomic mass is 31.1. The molecule has 210 valence electrons. The van der Waals surface area contributed by atoms with Gasteiger partial charge in [0.05, 0.1) is 19.5 Å². The Balaban J connectivity index is 1.25. The van der Waals surface area contributed by atoms with Crippen LogP contribution >= 0.6 is 17.3 Å². The first-order valence-electron chi connectivity index (χ1n) is 11.5. The fraction of sp³-hybridized carbons (Fsp3) is 0.526. The molecule has 0 radical (unpaired) electrons. The second-order valence-corrected chi connectivity index (χ2v) is 10.5. The van der Waals surface area contributed by atoms with Gasteiger partial charge in [0.25, 0.3) is 5.56 Å². The zero-order valence-corrected chi connectivity index (χ0v) is 21.6. The van der Waals surface area contributed by atoms with Crippen molar-refractivity contribution in [1.29, 1.82) is 0 Å². The minimum atomic E-state index is -3.43. The van der Waals surface area contributed by atoms with Gasteiger partial charge in [0.2, 0.25) is 0 Å². The molecular formula is C19H21F2N7O9P2. The van der Waals surface area contributed by atoms with E-state index in [4.69, 9.17) is 33.3 Å². The predicted molar refractivity (Wildman–Crippen MR) is 128 cm³/mol. The molecule has 3 saturated heterocycles. The summed E-state index contributed by atoms with van der Waals surface area (Å²) in [6, 6.07) is 1.06. The van der Waals surface area contributed by atoms with Crippen molar-refractivity contribution in [2.75, 3.05) is 18.9 Å². The molecule has 2 unspecified atom stereocenters. The molecule has 6 rings (SSSR count). The Bertz CT molecular complexity index is 1510. The Labute approximate surface area is 218 Å². The van der Waals surface area contributed by atoms with Crippen molar-refractivity contribution in [2.24, 2.45) is 0 Å². The summed E-state index contributed by atoms with van der Waals surface area (Å²) in [6.07, 6.45) is -7.91. The number of nitrogen functional groups attached to an aromatic ring is 1. The maximum Gasteiger partial charge on any atom is 0.330 e. The van der Waals surface area contributed by atoms with E-state index in [9.17, 15) is 14.2 Å². The molecule has 3 N–H and O–H groups in total. The van der Waals surface area contributed by atoms with Crippen molar-refractivity contribution >= 4 is 34.3 Å². The Kier molecular flexibility index (Phi) is 7.28. The number of aromatic nitrogens is 6. The third-order valence-electron chi connectivity index (χ3n) is 6.40. The molecule has 20 heteroatoms. The van der Waals surface area contributed by atoms with E-state index in [0.29, 0.717) is 0 Å². The molecule has 3 aromatic rings. The van der Waals surface area contributed by atoms with Gasteiger partial charge in [-0.25, -0.2) is 28.5 Å². The van der Waals surface area contributed by atoms with E-state index in [1.807, 2.05) is 0 Å². The molecule has 0 aliphatic carbocycles. The predicted octanol–water partition coefficient (Wildman–Crippen LogP) is 0.145. The Hall–Kier alpha value is -2.69. The molecule has 10 atom stereocenters. The molecule has 0 amide bonds. The maximum absolute atomic E-state index is 15.5. The minimum Gasteiger partial charge on any atom is -0.382 e. The SMILES string of the molecule is Nc1ncnc2c1ncn2[C@@H]1O[C@@H]2COPO[C@@H]3[C@H](F)[C@@H](CO[PH](=O)O[C@@H]1[C@@H]2F)O[C@H]3n1ccc(=O)[nH]c1=O. The van der Waals surface area contributed by atoms with Crippen molar-refractivity contribution in [3.63, 3.8) is 0 Å². The van der Waals surface area contributed by atoms with E-state index in [0.717, 1.165) is 16.8 Å². The van der Waals surface area contributed by atoms with Gasteiger partial charge in [0.1, 0.15) is 36.3 Å². The molecule has 0 spiro atoms. The molecular weight excluding hydrogens is 570 g/mol. The molecule has 0 aromatic carbocycles. The maximum atomic E-state index is 15.5. The van der Waals surface area contributed by atoms with Crippen molar-refractivity contribution in [3.8, 4) is 0 Å². The number of imidazole rings is 1. The zero-order valence-electron chi connectivity index (χ0n) is 19.6. The number of fused-ring (bicyclic) bond motifs is 5. The molecule has 0 saturated carbocycles. The topological polar surface area (TPSA) is 197 Å². The molecule has 3 aliphatic rings. The van der Waals surface area contributed by atoms with Gasteiger partial charge in [0.15, 0.2) is 45.3 Å². The highest BCUT2D eigenvalue weighted by Crippen LogP contribution is 2.44. The minimum absolute atomic E-state index is 0.0952. The van der Waals surface area contributed by atoms with Gasteiger partial charge >= 0.3 is 13.9 Å². The van der Waals surface area contributed by atoms with E-state index in [-0.39, 0.29) is 23.6 Å². The zero-order chi connectivity index (χ0) is 27.3. The smallest absolute Gasteiger partial charge is 0.330 e. The van der Waals surface area contributed by atoms with E-state index < -0.39 is 84.4 Å². The number of nitrogens with zero attached hydrogens (tertiary/aromatic N) is 5. The number of nitrogens with two attached hydrogens (primary N) is 1. The summed E-state index contributed by atoms with van der Waals surface area (Å²) in [5.41, 5.74) is 4.80. The number of hydrogen-bond donors (Lipinski definition) is 2. The third-order valence-corrected chi connectivity index (χ3v) is 7.92. The fourth-order valence-electron chi connectivity index (χ4n) is 4.54. The Morgan fingerprint density at radius 2 is 1.79 bits per heavy atom. The highest BCUT2D eigenvalue weighted by molar-refractivity contribution is 7.33. The van der Waals surface area contributed by atoms with Crippen LogP contribution in [0, 0.1) is 0 Å². The fourth-order valence-corrected chi connectivity index (χ4v) is 6.04. The third kappa shape index (κ3) is 4.91. The molecule has 3 aromatic heterocycles. The van der Waals surface area contributed by atoms with Crippen LogP contribution in [0.5, 0.6) is 0 Å². The number of ether oxygens (including phenoxy) is 2. The number of nitrogens with one attached hydrogen (secondary N) is 1. The quantitative estimate of drug-likeness (QED) is 0.382. The van der Waals surface area contributed by atoms with Gasteiger partial charge in [-0.1, -0.05) is 0 Å². The largest absolute Gasteiger partial charge is 0.382 e. The van der Waals surface area contributed by atoms with Crippen LogP contribution in [0.25, 0.3) is 11.2 Å². The summed E-state index contributed by atoms with van der Waals surface area (Å²) < 4.78 is 79.0. The summed E-state index contributed by atoms with van der Waals surface area (Å²) >= 11 is 0. The Morgan fingerprint density at radius 3 is 2.59 bits per heavy atom. The van der Waals surface area contributed by atoms with Crippen LogP contribution in [-0.2, 0) is 32.1 Å². The van der Waals surface area contributed by atoms with Gasteiger partial charge in [-0.05, 0) is 0 Å². The number of aromatic amines is 1. The second-order valence-electron chi connectivity index (χ2n) is 8.74. The van der Waals surface area contributed by atoms with Crippen molar-refractivity contribution in [2.45, 2.75) is 49.2 Å². The molecule has 3 fully saturated rings. The van der Waals surface area contributed by atoms with E-state index in [1.54, 1.807) is 0 Å².